The van der Waals surface area contributed by atoms with Gasteiger partial charge < -0.3 is 5.11 Å². The predicted octanol–water partition coefficient (Wildman–Crippen LogP) is 0.364. The molecule has 0 aromatic heterocycles. The Bertz CT molecular complexity index is 166. The molecule has 0 bridgehead atoms. The van der Waals surface area contributed by atoms with E-state index in [0.717, 1.165) is 0 Å². The second-order valence-corrected chi connectivity index (χ2v) is 1.73. The zero-order valence-corrected chi connectivity index (χ0v) is 5.91. The van der Waals surface area contributed by atoms with Crippen LogP contribution in [0.1, 0.15) is 6.42 Å². The molecular formula is C5H7ClN2O2. The van der Waals surface area contributed by atoms with Gasteiger partial charge in [-0.05, 0) is 0 Å². The summed E-state index contributed by atoms with van der Waals surface area (Å²) in [6.45, 7) is 0. The van der Waals surface area contributed by atoms with Crippen LogP contribution in [0.5, 0.6) is 0 Å². The Kier molecular flexibility index (Phi) is 3.64. The first-order valence-electron chi connectivity index (χ1n) is 2.56. The summed E-state index contributed by atoms with van der Waals surface area (Å²) >= 11 is 0. The number of aliphatic imine (C=N–C) groups is 2. The van der Waals surface area contributed by atoms with Gasteiger partial charge in [-0.2, -0.15) is 0 Å². The lowest BCUT2D eigenvalue weighted by Crippen LogP contribution is -2.09. The summed E-state index contributed by atoms with van der Waals surface area (Å²) in [5.41, 5.74) is 0. The second-order valence-electron chi connectivity index (χ2n) is 1.73. The van der Waals surface area contributed by atoms with Crippen molar-refractivity contribution >= 4 is 30.9 Å². The smallest absolute Gasteiger partial charge is 0.305 e. The van der Waals surface area contributed by atoms with Gasteiger partial charge in [0.1, 0.15) is 6.34 Å². The highest BCUT2D eigenvalue weighted by molar-refractivity contribution is 5.86. The third kappa shape index (κ3) is 2.59. The number of rotatable bonds is 2. The van der Waals surface area contributed by atoms with E-state index in [0.29, 0.717) is 0 Å². The summed E-state index contributed by atoms with van der Waals surface area (Å²) < 4.78 is 0. The van der Waals surface area contributed by atoms with Gasteiger partial charge in [-0.3, -0.25) is 9.79 Å². The first-order chi connectivity index (χ1) is 4.29. The molecule has 0 radical (unpaired) electrons. The van der Waals surface area contributed by atoms with Crippen LogP contribution >= 0.6 is 12.4 Å². The zero-order chi connectivity index (χ0) is 6.69. The molecule has 0 fully saturated rings. The van der Waals surface area contributed by atoms with E-state index in [1.54, 1.807) is 0 Å². The molecule has 1 aliphatic rings. The predicted molar refractivity (Wildman–Crippen MR) is 40.3 cm³/mol. The number of halogens is 1. The van der Waals surface area contributed by atoms with Crippen molar-refractivity contribution in [1.82, 2.24) is 0 Å². The highest BCUT2D eigenvalue weighted by atomic mass is 35.5. The molecule has 0 saturated carbocycles. The molecule has 1 aliphatic heterocycles. The Hall–Kier alpha value is -0.900. The molecule has 10 heavy (non-hydrogen) atoms. The fraction of sp³-hybridized carbons (Fsp3) is 0.400. The van der Waals surface area contributed by atoms with Gasteiger partial charge in [0.2, 0.25) is 0 Å². The third-order valence-corrected chi connectivity index (χ3v) is 0.967. The van der Waals surface area contributed by atoms with E-state index in [4.69, 9.17) is 5.11 Å². The fourth-order valence-corrected chi connectivity index (χ4v) is 0.585. The van der Waals surface area contributed by atoms with Crippen LogP contribution in [0, 0.1) is 0 Å². The van der Waals surface area contributed by atoms with Gasteiger partial charge in [-0.25, -0.2) is 4.99 Å². The summed E-state index contributed by atoms with van der Waals surface area (Å²) in [7, 11) is 0. The van der Waals surface area contributed by atoms with Crippen LogP contribution in [0.25, 0.3) is 0 Å². The number of carbonyl (C=O) groups is 1. The Balaban J connectivity index is 0.000000810. The molecular weight excluding hydrogens is 156 g/mol. The molecule has 1 rings (SSSR count). The number of aliphatic carboxylic acids is 1. The SMILES string of the molecule is Cl.O=C(O)CC1C=NC=N1. The maximum absolute atomic E-state index is 10.0. The van der Waals surface area contributed by atoms with Crippen molar-refractivity contribution in [2.75, 3.05) is 0 Å². The lowest BCUT2D eigenvalue weighted by Gasteiger charge is -1.94. The van der Waals surface area contributed by atoms with Crippen LogP contribution in [0.3, 0.4) is 0 Å². The minimum Gasteiger partial charge on any atom is -0.481 e. The van der Waals surface area contributed by atoms with E-state index in [1.807, 2.05) is 0 Å². The van der Waals surface area contributed by atoms with E-state index < -0.39 is 5.97 Å². The number of hydrogen-bond donors (Lipinski definition) is 1. The maximum atomic E-state index is 10.0. The van der Waals surface area contributed by atoms with Crippen LogP contribution in [0.4, 0.5) is 0 Å². The molecule has 4 nitrogen and oxygen atoms in total. The van der Waals surface area contributed by atoms with E-state index in [1.165, 1.54) is 12.6 Å². The standard InChI is InChI=1S/C5H6N2O2.ClH/c8-5(9)1-4-2-6-3-7-4;/h2-4H,1H2,(H,8,9);1H. The molecule has 5 heteroatoms. The first kappa shape index (κ1) is 9.10. The molecule has 1 heterocycles. The molecule has 0 saturated heterocycles. The van der Waals surface area contributed by atoms with Crippen LogP contribution in [-0.4, -0.2) is 29.7 Å². The molecule has 1 atom stereocenters. The normalized spacial score (nSPS) is 20.6. The summed E-state index contributed by atoms with van der Waals surface area (Å²) in [6, 6.07) is -0.234. The van der Waals surface area contributed by atoms with Crippen molar-refractivity contribution in [3.05, 3.63) is 0 Å². The van der Waals surface area contributed by atoms with Crippen molar-refractivity contribution in [3.63, 3.8) is 0 Å². The molecule has 1 unspecified atom stereocenters. The molecule has 56 valence electrons. The number of hydrogen-bond acceptors (Lipinski definition) is 3. The lowest BCUT2D eigenvalue weighted by atomic mass is 10.2. The van der Waals surface area contributed by atoms with Gasteiger partial charge in [0.25, 0.3) is 0 Å². The molecule has 0 spiro atoms. The van der Waals surface area contributed by atoms with Crippen molar-refractivity contribution in [2.45, 2.75) is 12.5 Å². The van der Waals surface area contributed by atoms with E-state index in [2.05, 4.69) is 9.98 Å². The quantitative estimate of drug-likeness (QED) is 0.638. The highest BCUT2D eigenvalue weighted by Gasteiger charge is 2.09. The Morgan fingerprint density at radius 3 is 2.80 bits per heavy atom. The van der Waals surface area contributed by atoms with Crippen LogP contribution in [-0.2, 0) is 4.79 Å². The van der Waals surface area contributed by atoms with Gasteiger partial charge in [0.05, 0.1) is 12.5 Å². The summed E-state index contributed by atoms with van der Waals surface area (Å²) in [4.78, 5) is 17.4. The van der Waals surface area contributed by atoms with Gasteiger partial charge in [-0.15, -0.1) is 12.4 Å². The van der Waals surface area contributed by atoms with Crippen molar-refractivity contribution in [2.24, 2.45) is 9.98 Å². The van der Waals surface area contributed by atoms with Gasteiger partial charge in [0, 0.05) is 6.21 Å². The van der Waals surface area contributed by atoms with Crippen LogP contribution in [0.15, 0.2) is 9.98 Å². The first-order valence-corrected chi connectivity index (χ1v) is 2.56. The Morgan fingerprint density at radius 2 is 2.40 bits per heavy atom. The average Bonchev–Trinajstić information content (AvgIpc) is 2.15. The summed E-state index contributed by atoms with van der Waals surface area (Å²) in [5.74, 6) is -0.842. The highest BCUT2D eigenvalue weighted by Crippen LogP contribution is 1.97. The molecule has 0 aromatic carbocycles. The van der Waals surface area contributed by atoms with Crippen LogP contribution < -0.4 is 0 Å². The molecule has 0 aliphatic carbocycles. The number of carboxylic acids is 1. The van der Waals surface area contributed by atoms with E-state index >= 15 is 0 Å². The minimum atomic E-state index is -0.842. The minimum absolute atomic E-state index is 0. The van der Waals surface area contributed by atoms with E-state index in [9.17, 15) is 4.79 Å². The Labute approximate surface area is 64.1 Å². The summed E-state index contributed by atoms with van der Waals surface area (Å²) in [5, 5.41) is 8.24. The molecule has 1 N–H and O–H groups in total. The lowest BCUT2D eigenvalue weighted by molar-refractivity contribution is -0.137. The van der Waals surface area contributed by atoms with Crippen molar-refractivity contribution in [3.8, 4) is 0 Å². The second kappa shape index (κ2) is 4.00. The average molecular weight is 163 g/mol. The molecule has 0 amide bonds. The van der Waals surface area contributed by atoms with Crippen molar-refractivity contribution in [1.29, 1.82) is 0 Å². The van der Waals surface area contributed by atoms with Gasteiger partial charge >= 0.3 is 5.97 Å². The summed E-state index contributed by atoms with van der Waals surface area (Å²) in [6.07, 6.45) is 2.93. The van der Waals surface area contributed by atoms with Gasteiger partial charge in [0.15, 0.2) is 0 Å². The monoisotopic (exact) mass is 162 g/mol. The zero-order valence-electron chi connectivity index (χ0n) is 5.10. The van der Waals surface area contributed by atoms with Crippen LogP contribution in [0.2, 0.25) is 0 Å². The third-order valence-electron chi connectivity index (χ3n) is 0.967. The molecule has 0 aromatic rings. The fourth-order valence-electron chi connectivity index (χ4n) is 0.585. The van der Waals surface area contributed by atoms with Crippen molar-refractivity contribution < 1.29 is 9.90 Å². The van der Waals surface area contributed by atoms with E-state index in [-0.39, 0.29) is 24.9 Å². The van der Waals surface area contributed by atoms with Gasteiger partial charge in [-0.1, -0.05) is 0 Å². The number of nitrogens with zero attached hydrogens (tertiary/aromatic N) is 2. The topological polar surface area (TPSA) is 62.0 Å². The maximum Gasteiger partial charge on any atom is 0.305 e. The largest absolute Gasteiger partial charge is 0.481 e. The number of carboxylic acid groups (broad SMARTS) is 1. The Morgan fingerprint density at radius 1 is 1.70 bits per heavy atom.